The highest BCUT2D eigenvalue weighted by molar-refractivity contribution is 5.73. The van der Waals surface area contributed by atoms with E-state index in [0.717, 1.165) is 43.8 Å². The van der Waals surface area contributed by atoms with Gasteiger partial charge in [-0.1, -0.05) is 12.1 Å². The number of phenols is 1. The SMILES string of the molecule is CN1CCN(c2ccc(Nc3ncc([N+](=O)[O-])c(Nc4ccccc4O)n3)cc2)CC1.O=C(O)C(F)(F)F. The summed E-state index contributed by atoms with van der Waals surface area (Å²) >= 11 is 0. The van der Waals surface area contributed by atoms with Crippen LogP contribution in [-0.2, 0) is 4.79 Å². The molecular formula is C23H24F3N7O5. The van der Waals surface area contributed by atoms with E-state index in [4.69, 9.17) is 9.90 Å². The Bertz CT molecular complexity index is 1270. The zero-order chi connectivity index (χ0) is 27.9. The molecule has 1 fully saturated rings. The first-order chi connectivity index (χ1) is 17.9. The molecule has 1 aliphatic rings. The Morgan fingerprint density at radius 3 is 2.21 bits per heavy atom. The molecule has 0 atom stereocenters. The highest BCUT2D eigenvalue weighted by Gasteiger charge is 2.38. The lowest BCUT2D eigenvalue weighted by atomic mass is 10.2. The van der Waals surface area contributed by atoms with Crippen LogP contribution >= 0.6 is 0 Å². The van der Waals surface area contributed by atoms with Gasteiger partial charge in [-0.2, -0.15) is 18.2 Å². The summed E-state index contributed by atoms with van der Waals surface area (Å²) < 4.78 is 31.7. The van der Waals surface area contributed by atoms with Crippen LogP contribution < -0.4 is 15.5 Å². The van der Waals surface area contributed by atoms with Gasteiger partial charge in [0.05, 0.1) is 10.6 Å². The van der Waals surface area contributed by atoms with Crippen LogP contribution in [0.5, 0.6) is 5.75 Å². The second-order valence-electron chi connectivity index (χ2n) is 8.09. The zero-order valence-electron chi connectivity index (χ0n) is 20.0. The summed E-state index contributed by atoms with van der Waals surface area (Å²) in [6.45, 7) is 4.03. The average Bonchev–Trinajstić information content (AvgIpc) is 2.86. The number of aromatic hydroxyl groups is 1. The van der Waals surface area contributed by atoms with Crippen LogP contribution in [0.3, 0.4) is 0 Å². The van der Waals surface area contributed by atoms with Crippen LogP contribution in [-0.4, -0.2) is 75.4 Å². The van der Waals surface area contributed by atoms with Gasteiger partial charge in [-0.25, -0.2) is 9.78 Å². The lowest BCUT2D eigenvalue weighted by molar-refractivity contribution is -0.384. The van der Waals surface area contributed by atoms with Crippen LogP contribution in [0.15, 0.2) is 54.7 Å². The number of hydrogen-bond donors (Lipinski definition) is 4. The molecule has 1 aliphatic heterocycles. The van der Waals surface area contributed by atoms with Crippen LogP contribution in [0.4, 0.5) is 47.7 Å². The summed E-state index contributed by atoms with van der Waals surface area (Å²) in [4.78, 5) is 32.6. The summed E-state index contributed by atoms with van der Waals surface area (Å²) in [7, 11) is 2.12. The van der Waals surface area contributed by atoms with Crippen molar-refractivity contribution in [2.75, 3.05) is 48.8 Å². The van der Waals surface area contributed by atoms with Gasteiger partial charge in [-0.05, 0) is 43.4 Å². The van der Waals surface area contributed by atoms with Crippen molar-refractivity contribution < 1.29 is 33.1 Å². The van der Waals surface area contributed by atoms with E-state index in [-0.39, 0.29) is 23.2 Å². The molecule has 0 aliphatic carbocycles. The molecule has 2 aromatic carbocycles. The number of alkyl halides is 3. The van der Waals surface area contributed by atoms with Crippen molar-refractivity contribution in [2.24, 2.45) is 0 Å². The molecule has 38 heavy (non-hydrogen) atoms. The van der Waals surface area contributed by atoms with Gasteiger partial charge in [0.25, 0.3) is 0 Å². The van der Waals surface area contributed by atoms with Crippen molar-refractivity contribution in [1.82, 2.24) is 14.9 Å². The van der Waals surface area contributed by atoms with Gasteiger partial charge in [-0.3, -0.25) is 10.1 Å². The Labute approximate surface area is 214 Å². The van der Waals surface area contributed by atoms with Gasteiger partial charge >= 0.3 is 17.8 Å². The maximum atomic E-state index is 11.4. The van der Waals surface area contributed by atoms with Crippen LogP contribution in [0, 0.1) is 10.1 Å². The Morgan fingerprint density at radius 1 is 1.05 bits per heavy atom. The number of nitrogens with zero attached hydrogens (tertiary/aromatic N) is 5. The fraction of sp³-hybridized carbons (Fsp3) is 0.261. The van der Waals surface area contributed by atoms with Gasteiger partial charge in [-0.15, -0.1) is 0 Å². The number of likely N-dealkylation sites (N-methyl/N-ethyl adjacent to an activating group) is 1. The first kappa shape index (κ1) is 27.9. The summed E-state index contributed by atoms with van der Waals surface area (Å²) in [5, 5.41) is 34.3. The zero-order valence-corrected chi connectivity index (χ0v) is 20.0. The fourth-order valence-electron chi connectivity index (χ4n) is 3.32. The number of anilines is 5. The van der Waals surface area contributed by atoms with E-state index in [9.17, 15) is 28.4 Å². The number of benzene rings is 2. The number of aromatic nitrogens is 2. The summed E-state index contributed by atoms with van der Waals surface area (Å²) in [5.74, 6) is -2.61. The van der Waals surface area contributed by atoms with Crippen LogP contribution in [0.2, 0.25) is 0 Å². The van der Waals surface area contributed by atoms with Crippen molar-refractivity contribution in [1.29, 1.82) is 0 Å². The molecular weight excluding hydrogens is 511 g/mol. The number of para-hydroxylation sites is 2. The Hall–Kier alpha value is -4.66. The standard InChI is InChI=1S/C21H23N7O3.C2HF3O2/c1-26-10-12-27(13-11-26)16-8-6-15(7-9-16)23-21-22-14-18(28(30)31)20(25-21)24-17-4-2-3-5-19(17)29;3-2(4,5)1(6)7/h2-9,14,29H,10-13H2,1H3,(H2,22,23,24,25);(H,6,7). The normalized spacial score (nSPS) is 13.7. The maximum Gasteiger partial charge on any atom is 0.490 e. The fourth-order valence-corrected chi connectivity index (χ4v) is 3.32. The van der Waals surface area contributed by atoms with E-state index in [1.807, 2.05) is 24.3 Å². The van der Waals surface area contributed by atoms with E-state index >= 15 is 0 Å². The maximum absolute atomic E-state index is 11.4. The van der Waals surface area contributed by atoms with E-state index in [2.05, 4.69) is 37.4 Å². The minimum atomic E-state index is -5.08. The first-order valence-corrected chi connectivity index (χ1v) is 11.1. The minimum Gasteiger partial charge on any atom is -0.506 e. The topological polar surface area (TPSA) is 157 Å². The number of aliphatic carboxylic acids is 1. The summed E-state index contributed by atoms with van der Waals surface area (Å²) in [6, 6.07) is 14.4. The van der Waals surface area contributed by atoms with Crippen LogP contribution in [0.25, 0.3) is 0 Å². The molecule has 202 valence electrons. The largest absolute Gasteiger partial charge is 0.506 e. The molecule has 0 spiro atoms. The Morgan fingerprint density at radius 2 is 1.66 bits per heavy atom. The molecule has 1 aromatic heterocycles. The number of hydrogen-bond acceptors (Lipinski definition) is 10. The van der Waals surface area contributed by atoms with Crippen LogP contribution in [0.1, 0.15) is 0 Å². The second kappa shape index (κ2) is 12.1. The number of nitrogens with one attached hydrogen (secondary N) is 2. The number of nitro groups is 1. The molecule has 4 rings (SSSR count). The van der Waals surface area contributed by atoms with Gasteiger partial charge < -0.3 is 30.6 Å². The van der Waals surface area contributed by atoms with E-state index in [0.29, 0.717) is 5.69 Å². The lowest BCUT2D eigenvalue weighted by Gasteiger charge is -2.34. The van der Waals surface area contributed by atoms with Crippen molar-refractivity contribution in [3.63, 3.8) is 0 Å². The third-order valence-electron chi connectivity index (χ3n) is 5.36. The summed E-state index contributed by atoms with van der Waals surface area (Å²) in [6.07, 6.45) is -3.95. The average molecular weight is 535 g/mol. The van der Waals surface area contributed by atoms with Crippen molar-refractivity contribution in [3.8, 4) is 5.75 Å². The Balaban J connectivity index is 0.000000505. The minimum absolute atomic E-state index is 0.0157. The van der Waals surface area contributed by atoms with Crippen molar-refractivity contribution in [3.05, 3.63) is 64.8 Å². The summed E-state index contributed by atoms with van der Waals surface area (Å²) in [5.41, 5.74) is 1.93. The molecule has 12 nitrogen and oxygen atoms in total. The predicted molar refractivity (Wildman–Crippen MR) is 133 cm³/mol. The molecule has 0 amide bonds. The second-order valence-corrected chi connectivity index (χ2v) is 8.09. The van der Waals surface area contributed by atoms with Gasteiger partial charge in [0.15, 0.2) is 0 Å². The molecule has 4 N–H and O–H groups in total. The Kier molecular flexibility index (Phi) is 8.85. The van der Waals surface area contributed by atoms with E-state index < -0.39 is 17.1 Å². The number of carbonyl (C=O) groups is 1. The monoisotopic (exact) mass is 535 g/mol. The molecule has 15 heteroatoms. The number of rotatable bonds is 6. The third-order valence-corrected chi connectivity index (χ3v) is 5.36. The van der Waals surface area contributed by atoms with E-state index in [1.54, 1.807) is 18.2 Å². The van der Waals surface area contributed by atoms with Gasteiger partial charge in [0.1, 0.15) is 11.9 Å². The molecule has 0 unspecified atom stereocenters. The molecule has 1 saturated heterocycles. The van der Waals surface area contributed by atoms with Gasteiger partial charge in [0, 0.05) is 37.6 Å². The molecule has 0 bridgehead atoms. The van der Waals surface area contributed by atoms with Gasteiger partial charge in [0.2, 0.25) is 11.8 Å². The molecule has 3 aromatic rings. The number of piperazine rings is 1. The van der Waals surface area contributed by atoms with Crippen molar-refractivity contribution >= 4 is 40.5 Å². The lowest BCUT2D eigenvalue weighted by Crippen LogP contribution is -2.44. The number of halogens is 3. The highest BCUT2D eigenvalue weighted by atomic mass is 19.4. The molecule has 0 saturated carbocycles. The molecule has 0 radical (unpaired) electrons. The third kappa shape index (κ3) is 7.67. The number of carboxylic acid groups (broad SMARTS) is 1. The first-order valence-electron chi connectivity index (χ1n) is 11.1. The smallest absolute Gasteiger partial charge is 0.490 e. The molecule has 2 heterocycles. The van der Waals surface area contributed by atoms with E-state index in [1.165, 1.54) is 6.07 Å². The quantitative estimate of drug-likeness (QED) is 0.206. The number of phenolic OH excluding ortho intramolecular Hbond substituents is 1. The highest BCUT2D eigenvalue weighted by Crippen LogP contribution is 2.31. The predicted octanol–water partition coefficient (Wildman–Crippen LogP) is 3.96. The van der Waals surface area contributed by atoms with Crippen molar-refractivity contribution in [2.45, 2.75) is 6.18 Å². The number of carboxylic acids is 1.